The van der Waals surface area contributed by atoms with Gasteiger partial charge in [0.15, 0.2) is 6.10 Å². The third kappa shape index (κ3) is 2.46. The molecule has 0 aliphatic heterocycles. The summed E-state index contributed by atoms with van der Waals surface area (Å²) in [5.74, 6) is 0. The summed E-state index contributed by atoms with van der Waals surface area (Å²) >= 11 is 0. The van der Waals surface area contributed by atoms with Gasteiger partial charge >= 0.3 is 6.18 Å². The molecule has 0 heterocycles. The average molecular weight is 205 g/mol. The molecule has 0 aromatic heterocycles. The van der Waals surface area contributed by atoms with Crippen LogP contribution in [0.15, 0.2) is 24.3 Å². The summed E-state index contributed by atoms with van der Waals surface area (Å²) in [6.45, 7) is 0.151. The molecule has 1 unspecified atom stereocenters. The Morgan fingerprint density at radius 2 is 2.00 bits per heavy atom. The van der Waals surface area contributed by atoms with Crippen LogP contribution in [0.5, 0.6) is 0 Å². The lowest BCUT2D eigenvalue weighted by atomic mass is 10.1. The zero-order valence-corrected chi connectivity index (χ0v) is 7.25. The summed E-state index contributed by atoms with van der Waals surface area (Å²) in [4.78, 5) is 0. The van der Waals surface area contributed by atoms with Gasteiger partial charge in [0.05, 0.1) is 0 Å². The Hall–Kier alpha value is -1.07. The van der Waals surface area contributed by atoms with E-state index in [1.165, 1.54) is 18.2 Å². The van der Waals surface area contributed by atoms with Gasteiger partial charge < -0.3 is 10.8 Å². The topological polar surface area (TPSA) is 46.2 Å². The van der Waals surface area contributed by atoms with Gasteiger partial charge in [0.2, 0.25) is 0 Å². The fourth-order valence-electron chi connectivity index (χ4n) is 1.08. The van der Waals surface area contributed by atoms with E-state index in [1.807, 2.05) is 0 Å². The molecule has 1 aromatic rings. The number of aliphatic hydroxyl groups is 1. The van der Waals surface area contributed by atoms with Gasteiger partial charge in [0.1, 0.15) is 0 Å². The van der Waals surface area contributed by atoms with Crippen LogP contribution in [0, 0.1) is 0 Å². The summed E-state index contributed by atoms with van der Waals surface area (Å²) in [7, 11) is 0. The molecule has 1 aromatic carbocycles. The lowest BCUT2D eigenvalue weighted by Crippen LogP contribution is -2.20. The van der Waals surface area contributed by atoms with E-state index in [0.717, 1.165) is 0 Å². The van der Waals surface area contributed by atoms with E-state index in [4.69, 9.17) is 10.8 Å². The van der Waals surface area contributed by atoms with Crippen LogP contribution >= 0.6 is 0 Å². The molecule has 0 aliphatic rings. The minimum absolute atomic E-state index is 0.151. The fraction of sp³-hybridized carbons (Fsp3) is 0.333. The largest absolute Gasteiger partial charge is 0.418 e. The minimum Gasteiger partial charge on any atom is -0.379 e. The maximum Gasteiger partial charge on any atom is 0.418 e. The van der Waals surface area contributed by atoms with Crippen molar-refractivity contribution >= 4 is 0 Å². The van der Waals surface area contributed by atoms with Gasteiger partial charge in [0.25, 0.3) is 0 Å². The number of benzene rings is 1. The number of alkyl halides is 3. The van der Waals surface area contributed by atoms with E-state index in [9.17, 15) is 13.2 Å². The van der Waals surface area contributed by atoms with Crippen molar-refractivity contribution in [3.05, 3.63) is 35.4 Å². The number of hydrogen-bond donors (Lipinski definition) is 2. The van der Waals surface area contributed by atoms with Crippen LogP contribution in [0.2, 0.25) is 0 Å². The monoisotopic (exact) mass is 205 g/mol. The Balaban J connectivity index is 2.95. The number of aliphatic hydroxyl groups excluding tert-OH is 1. The fourth-order valence-corrected chi connectivity index (χ4v) is 1.08. The van der Waals surface area contributed by atoms with Gasteiger partial charge in [-0.3, -0.25) is 0 Å². The molecule has 0 radical (unpaired) electrons. The molecular weight excluding hydrogens is 195 g/mol. The number of hydrogen-bond acceptors (Lipinski definition) is 2. The predicted molar refractivity (Wildman–Crippen MR) is 45.3 cm³/mol. The molecule has 1 rings (SSSR count). The number of rotatable bonds is 2. The Morgan fingerprint density at radius 3 is 2.50 bits per heavy atom. The van der Waals surface area contributed by atoms with Crippen molar-refractivity contribution in [2.45, 2.75) is 18.8 Å². The van der Waals surface area contributed by atoms with E-state index in [1.54, 1.807) is 6.07 Å². The Bertz CT molecular complexity index is 311. The molecular formula is C9H10F3NO. The van der Waals surface area contributed by atoms with Crippen LogP contribution in [-0.4, -0.2) is 11.3 Å². The lowest BCUT2D eigenvalue weighted by Gasteiger charge is -2.15. The first-order valence-electron chi connectivity index (χ1n) is 3.99. The molecule has 0 saturated carbocycles. The third-order valence-corrected chi connectivity index (χ3v) is 1.81. The van der Waals surface area contributed by atoms with Crippen molar-refractivity contribution in [1.82, 2.24) is 0 Å². The maximum absolute atomic E-state index is 12.1. The first-order valence-corrected chi connectivity index (χ1v) is 3.99. The SMILES string of the molecule is NCc1cccc(C(O)C(F)(F)F)c1. The van der Waals surface area contributed by atoms with Gasteiger partial charge in [-0.15, -0.1) is 0 Å². The molecule has 0 bridgehead atoms. The molecule has 0 saturated heterocycles. The quantitative estimate of drug-likeness (QED) is 0.772. The zero-order chi connectivity index (χ0) is 10.8. The van der Waals surface area contributed by atoms with Gasteiger partial charge in [0, 0.05) is 6.54 Å². The minimum atomic E-state index is -4.63. The highest BCUT2D eigenvalue weighted by molar-refractivity contribution is 5.25. The summed E-state index contributed by atoms with van der Waals surface area (Å²) in [5, 5.41) is 8.91. The van der Waals surface area contributed by atoms with E-state index in [-0.39, 0.29) is 12.1 Å². The normalized spacial score (nSPS) is 14.1. The van der Waals surface area contributed by atoms with E-state index >= 15 is 0 Å². The maximum atomic E-state index is 12.1. The molecule has 2 nitrogen and oxygen atoms in total. The molecule has 0 spiro atoms. The van der Waals surface area contributed by atoms with Crippen LogP contribution in [0.1, 0.15) is 17.2 Å². The standard InChI is InChI=1S/C9H10F3NO/c10-9(11,12)8(14)7-3-1-2-6(4-7)5-13/h1-4,8,14H,5,13H2. The van der Waals surface area contributed by atoms with Crippen LogP contribution in [0.25, 0.3) is 0 Å². The Morgan fingerprint density at radius 1 is 1.36 bits per heavy atom. The average Bonchev–Trinajstić information content (AvgIpc) is 2.15. The van der Waals surface area contributed by atoms with Crippen LogP contribution < -0.4 is 5.73 Å². The summed E-state index contributed by atoms with van der Waals surface area (Å²) in [5.41, 5.74) is 5.65. The number of nitrogens with two attached hydrogens (primary N) is 1. The first-order chi connectivity index (χ1) is 6.45. The zero-order valence-electron chi connectivity index (χ0n) is 7.25. The molecule has 0 aliphatic carbocycles. The van der Waals surface area contributed by atoms with Crippen molar-refractivity contribution in [3.63, 3.8) is 0 Å². The van der Waals surface area contributed by atoms with Crippen molar-refractivity contribution < 1.29 is 18.3 Å². The molecule has 5 heteroatoms. The Kier molecular flexibility index (Phi) is 3.13. The lowest BCUT2D eigenvalue weighted by molar-refractivity contribution is -0.206. The molecule has 0 amide bonds. The number of halogens is 3. The molecule has 3 N–H and O–H groups in total. The molecule has 1 atom stereocenters. The summed E-state index contributed by atoms with van der Waals surface area (Å²) < 4.78 is 36.3. The third-order valence-electron chi connectivity index (χ3n) is 1.81. The second kappa shape index (κ2) is 3.98. The van der Waals surface area contributed by atoms with Crippen molar-refractivity contribution in [2.24, 2.45) is 5.73 Å². The van der Waals surface area contributed by atoms with Crippen molar-refractivity contribution in [1.29, 1.82) is 0 Å². The van der Waals surface area contributed by atoms with Crippen molar-refractivity contribution in [3.8, 4) is 0 Å². The van der Waals surface area contributed by atoms with Gasteiger partial charge in [-0.2, -0.15) is 13.2 Å². The highest BCUT2D eigenvalue weighted by Gasteiger charge is 2.39. The van der Waals surface area contributed by atoms with E-state index in [2.05, 4.69) is 0 Å². The van der Waals surface area contributed by atoms with Crippen LogP contribution in [0.4, 0.5) is 13.2 Å². The van der Waals surface area contributed by atoms with Gasteiger partial charge in [-0.25, -0.2) is 0 Å². The van der Waals surface area contributed by atoms with Crippen molar-refractivity contribution in [2.75, 3.05) is 0 Å². The highest BCUT2D eigenvalue weighted by Crippen LogP contribution is 2.32. The Labute approximate surface area is 79.2 Å². The summed E-state index contributed by atoms with van der Waals surface area (Å²) in [6.07, 6.45) is -7.07. The molecule has 0 fully saturated rings. The van der Waals surface area contributed by atoms with Gasteiger partial charge in [-0.1, -0.05) is 24.3 Å². The molecule has 78 valence electrons. The van der Waals surface area contributed by atoms with Crippen LogP contribution in [0.3, 0.4) is 0 Å². The molecule has 14 heavy (non-hydrogen) atoms. The smallest absolute Gasteiger partial charge is 0.379 e. The second-order valence-corrected chi connectivity index (χ2v) is 2.89. The second-order valence-electron chi connectivity index (χ2n) is 2.89. The first kappa shape index (κ1) is 11.0. The predicted octanol–water partition coefficient (Wildman–Crippen LogP) is 1.74. The summed E-state index contributed by atoms with van der Waals surface area (Å²) in [6, 6.07) is 5.51. The van der Waals surface area contributed by atoms with Gasteiger partial charge in [-0.05, 0) is 11.1 Å². The van der Waals surface area contributed by atoms with E-state index in [0.29, 0.717) is 5.56 Å². The highest BCUT2D eigenvalue weighted by atomic mass is 19.4. The van der Waals surface area contributed by atoms with E-state index < -0.39 is 12.3 Å². The van der Waals surface area contributed by atoms with Crippen LogP contribution in [-0.2, 0) is 6.54 Å².